The van der Waals surface area contributed by atoms with E-state index in [4.69, 9.17) is 15.2 Å². The number of allylic oxidation sites excluding steroid dienone is 1. The van der Waals surface area contributed by atoms with Crippen LogP contribution >= 0.6 is 0 Å². The van der Waals surface area contributed by atoms with E-state index in [1.54, 1.807) is 6.33 Å². The van der Waals surface area contributed by atoms with Crippen LogP contribution in [-0.4, -0.2) is 60.7 Å². The van der Waals surface area contributed by atoms with Crippen LogP contribution < -0.4 is 11.1 Å². The second-order valence-corrected chi connectivity index (χ2v) is 12.3. The molecule has 2 aliphatic carbocycles. The maximum atomic E-state index is 14.8. The van der Waals surface area contributed by atoms with E-state index in [2.05, 4.69) is 60.1 Å². The molecule has 3 saturated heterocycles. The Balaban J connectivity index is 1.41. The highest BCUT2D eigenvalue weighted by Gasteiger charge is 2.78. The van der Waals surface area contributed by atoms with Crippen molar-refractivity contribution in [1.29, 1.82) is 0 Å². The first-order valence-corrected chi connectivity index (χ1v) is 13.3. The van der Waals surface area contributed by atoms with E-state index >= 15 is 0 Å². The highest BCUT2D eigenvalue weighted by Crippen LogP contribution is 2.66. The fraction of sp³-hybridized carbons (Fsp3) is 0.667. The van der Waals surface area contributed by atoms with E-state index < -0.39 is 17.1 Å². The summed E-state index contributed by atoms with van der Waals surface area (Å²) in [5.41, 5.74) is 4.99. The number of hydrogen-bond acceptors (Lipinski definition) is 8. The van der Waals surface area contributed by atoms with Crippen molar-refractivity contribution in [1.82, 2.24) is 24.8 Å². The molecule has 5 aliphatic rings. The Morgan fingerprint density at radius 3 is 2.62 bits per heavy atom. The van der Waals surface area contributed by atoms with Crippen molar-refractivity contribution in [2.45, 2.75) is 83.0 Å². The summed E-state index contributed by atoms with van der Waals surface area (Å²) in [6.45, 7) is 10.5. The number of rotatable bonds is 1. The third kappa shape index (κ3) is 2.75. The van der Waals surface area contributed by atoms with Crippen LogP contribution in [0.3, 0.4) is 0 Å². The minimum atomic E-state index is -1.20. The third-order valence-electron chi connectivity index (χ3n) is 10.5. The number of epoxide rings is 2. The van der Waals surface area contributed by atoms with Crippen molar-refractivity contribution in [2.24, 2.45) is 29.1 Å². The lowest BCUT2D eigenvalue weighted by molar-refractivity contribution is -0.149. The fourth-order valence-corrected chi connectivity index (χ4v) is 8.32. The van der Waals surface area contributed by atoms with Gasteiger partial charge < -0.3 is 25.1 Å². The van der Waals surface area contributed by atoms with Gasteiger partial charge in [0.2, 0.25) is 5.91 Å². The number of carbonyl (C=O) groups excluding carboxylic acids is 2. The molecule has 4 fully saturated rings. The molecule has 37 heavy (non-hydrogen) atoms. The largest absolute Gasteiger partial charge is 0.382 e. The molecule has 1 spiro atoms. The molecule has 3 aliphatic heterocycles. The Bertz CT molecular complexity index is 1370. The summed E-state index contributed by atoms with van der Waals surface area (Å²) in [4.78, 5) is 41.7. The average molecular weight is 507 g/mol. The molecule has 1 amide bonds. The van der Waals surface area contributed by atoms with Gasteiger partial charge in [-0.25, -0.2) is 15.0 Å². The second kappa shape index (κ2) is 7.17. The molecule has 3 N–H and O–H groups in total. The molecular weight excluding hydrogens is 472 g/mol. The summed E-state index contributed by atoms with van der Waals surface area (Å²) in [6.07, 6.45) is 8.02. The first kappa shape index (κ1) is 23.3. The van der Waals surface area contributed by atoms with E-state index in [0.29, 0.717) is 11.2 Å². The molecule has 196 valence electrons. The Morgan fingerprint density at radius 1 is 1.08 bits per heavy atom. The molecule has 0 aromatic carbocycles. The van der Waals surface area contributed by atoms with Gasteiger partial charge in [-0.15, -0.1) is 0 Å². The number of ketones is 1. The van der Waals surface area contributed by atoms with Gasteiger partial charge in [-0.1, -0.05) is 26.0 Å². The fourth-order valence-electron chi connectivity index (χ4n) is 8.32. The summed E-state index contributed by atoms with van der Waals surface area (Å²) < 4.78 is 14.6. The Kier molecular flexibility index (Phi) is 4.51. The molecule has 0 bridgehead atoms. The highest BCUT2D eigenvalue weighted by molar-refractivity contribution is 6.09. The summed E-state index contributed by atoms with van der Waals surface area (Å²) in [6, 6.07) is -0.540. The van der Waals surface area contributed by atoms with Crippen LogP contribution in [0, 0.1) is 29.1 Å². The van der Waals surface area contributed by atoms with Crippen LogP contribution in [0.4, 0.5) is 5.82 Å². The minimum absolute atomic E-state index is 0.0438. The van der Waals surface area contributed by atoms with Crippen LogP contribution in [0.5, 0.6) is 0 Å². The molecule has 5 heterocycles. The van der Waals surface area contributed by atoms with Crippen LogP contribution in [0.2, 0.25) is 0 Å². The SMILES string of the molecule is C[C@@H]1NC(=O)[C@@]23C(=O)C[C@H](n4cnc5c(N)ncnc54)[C@]4(C)O[C@@H]4[C@@H](C)CC=C[C@H]2[C@@H]2O[C@]2(C)[C@@H](C)[C@@H]13. The van der Waals surface area contributed by atoms with Crippen molar-refractivity contribution in [3.63, 3.8) is 0 Å². The normalized spacial score (nSPS) is 48.4. The predicted molar refractivity (Wildman–Crippen MR) is 134 cm³/mol. The molecule has 7 rings (SSSR count). The van der Waals surface area contributed by atoms with E-state index in [9.17, 15) is 9.59 Å². The van der Waals surface area contributed by atoms with Gasteiger partial charge in [0, 0.05) is 24.3 Å². The summed E-state index contributed by atoms with van der Waals surface area (Å²) in [5.74, 6) is -0.182. The smallest absolute Gasteiger partial charge is 0.235 e. The van der Waals surface area contributed by atoms with E-state index in [1.807, 2.05) is 11.5 Å². The molecule has 10 heteroatoms. The van der Waals surface area contributed by atoms with E-state index in [-0.39, 0.29) is 71.5 Å². The molecule has 11 atom stereocenters. The maximum Gasteiger partial charge on any atom is 0.235 e. The number of nitrogens with two attached hydrogens (primary N) is 1. The van der Waals surface area contributed by atoms with Crippen LogP contribution in [0.15, 0.2) is 24.8 Å². The highest BCUT2D eigenvalue weighted by atomic mass is 16.6. The summed E-state index contributed by atoms with van der Waals surface area (Å²) in [5, 5.41) is 3.16. The lowest BCUT2D eigenvalue weighted by Gasteiger charge is -2.46. The molecule has 1 saturated carbocycles. The van der Waals surface area contributed by atoms with Crippen molar-refractivity contribution in [3.05, 3.63) is 24.8 Å². The number of hydrogen-bond donors (Lipinski definition) is 2. The first-order chi connectivity index (χ1) is 17.5. The number of ether oxygens (including phenoxy) is 2. The van der Waals surface area contributed by atoms with Gasteiger partial charge in [0.1, 0.15) is 22.9 Å². The number of nitrogens with one attached hydrogen (secondary N) is 1. The zero-order chi connectivity index (χ0) is 26.1. The van der Waals surface area contributed by atoms with Gasteiger partial charge in [0.05, 0.1) is 30.2 Å². The van der Waals surface area contributed by atoms with Crippen LogP contribution in [-0.2, 0) is 19.1 Å². The minimum Gasteiger partial charge on any atom is -0.382 e. The van der Waals surface area contributed by atoms with E-state index in [0.717, 1.165) is 6.42 Å². The monoisotopic (exact) mass is 506 g/mol. The molecule has 2 aromatic rings. The Labute approximate surface area is 215 Å². The van der Waals surface area contributed by atoms with Gasteiger partial charge in [0.15, 0.2) is 17.2 Å². The van der Waals surface area contributed by atoms with Crippen molar-refractivity contribution in [3.8, 4) is 0 Å². The quantitative estimate of drug-likeness (QED) is 0.341. The molecule has 2 aromatic heterocycles. The number of fused-ring (bicyclic) bond motifs is 4. The molecule has 0 radical (unpaired) electrons. The maximum absolute atomic E-state index is 14.8. The number of anilines is 1. The number of aromatic nitrogens is 4. The third-order valence-corrected chi connectivity index (χ3v) is 10.5. The van der Waals surface area contributed by atoms with Crippen LogP contribution in [0.25, 0.3) is 11.2 Å². The van der Waals surface area contributed by atoms with Gasteiger partial charge >= 0.3 is 0 Å². The molecule has 0 unspecified atom stereocenters. The summed E-state index contributed by atoms with van der Waals surface area (Å²) in [7, 11) is 0. The zero-order valence-electron chi connectivity index (χ0n) is 21.8. The Hall–Kier alpha value is -2.85. The lowest BCUT2D eigenvalue weighted by atomic mass is 9.51. The Morgan fingerprint density at radius 2 is 1.84 bits per heavy atom. The number of amides is 1. The molecular formula is C27H34N6O4. The number of Topliss-reactive ketones (excluding diaryl/α,β-unsaturated/α-hetero) is 1. The van der Waals surface area contributed by atoms with Crippen molar-refractivity contribution in [2.75, 3.05) is 5.73 Å². The number of carbonyl (C=O) groups is 2. The van der Waals surface area contributed by atoms with Crippen molar-refractivity contribution < 1.29 is 19.1 Å². The van der Waals surface area contributed by atoms with Gasteiger partial charge in [-0.3, -0.25) is 9.59 Å². The van der Waals surface area contributed by atoms with Crippen molar-refractivity contribution >= 4 is 28.7 Å². The predicted octanol–water partition coefficient (Wildman–Crippen LogP) is 2.21. The van der Waals surface area contributed by atoms with Gasteiger partial charge in [0.25, 0.3) is 0 Å². The van der Waals surface area contributed by atoms with Gasteiger partial charge in [-0.2, -0.15) is 0 Å². The average Bonchev–Trinajstić information content (AvgIpc) is 3.64. The standard InChI is InChI=1S/C27H34N6O4/c1-12-7-6-8-15-21-25(4,37-21)13(2)18-14(3)32-24(35)27(15,18)17(34)9-16(26(5)20(12)36-26)33-11-31-19-22(28)29-10-30-23(19)33/h6,8,10-16,18,20-21H,7,9H2,1-5H3,(H,32,35)(H2,28,29,30)/t12-,13-,14-,15-,16-,18-,20+,21-,25+,26-,27+/m0/s1. The summed E-state index contributed by atoms with van der Waals surface area (Å²) >= 11 is 0. The number of nitrogen functional groups attached to an aromatic ring is 1. The zero-order valence-corrected chi connectivity index (χ0v) is 21.8. The number of imidazole rings is 1. The lowest BCUT2D eigenvalue weighted by Crippen LogP contribution is -2.58. The molecule has 10 nitrogen and oxygen atoms in total. The second-order valence-electron chi connectivity index (χ2n) is 12.3. The number of nitrogens with zero attached hydrogens (tertiary/aromatic N) is 4. The van der Waals surface area contributed by atoms with E-state index in [1.165, 1.54) is 6.33 Å². The topological polar surface area (TPSA) is 141 Å². The van der Waals surface area contributed by atoms with Crippen LogP contribution in [0.1, 0.15) is 53.5 Å². The first-order valence-electron chi connectivity index (χ1n) is 13.3. The van der Waals surface area contributed by atoms with Gasteiger partial charge in [-0.05, 0) is 39.0 Å².